The van der Waals surface area contributed by atoms with Crippen LogP contribution in [0.15, 0.2) is 12.1 Å². The van der Waals surface area contributed by atoms with Crippen molar-refractivity contribution in [3.8, 4) is 0 Å². The van der Waals surface area contributed by atoms with E-state index < -0.39 is 0 Å². The van der Waals surface area contributed by atoms with E-state index >= 15 is 0 Å². The van der Waals surface area contributed by atoms with Gasteiger partial charge in [-0.15, -0.1) is 0 Å². The lowest BCUT2D eigenvalue weighted by Gasteiger charge is -2.16. The van der Waals surface area contributed by atoms with E-state index in [4.69, 9.17) is 5.73 Å². The molecule has 2 heteroatoms. The topological polar surface area (TPSA) is 38.0 Å². The minimum absolute atomic E-state index is 0.0562. The highest BCUT2D eigenvalue weighted by molar-refractivity contribution is 5.39. The SMILES string of the molecule is CNC(N)c1ccc(C)c(C)c1C. The van der Waals surface area contributed by atoms with Crippen LogP contribution in [0.25, 0.3) is 0 Å². The Balaban J connectivity index is 3.18. The van der Waals surface area contributed by atoms with E-state index in [1.807, 2.05) is 7.05 Å². The fourth-order valence-corrected chi connectivity index (χ4v) is 1.47. The van der Waals surface area contributed by atoms with Crippen LogP contribution in [0.2, 0.25) is 0 Å². The molecule has 3 N–H and O–H groups in total. The van der Waals surface area contributed by atoms with Crippen LogP contribution in [0.4, 0.5) is 0 Å². The fraction of sp³-hybridized carbons (Fsp3) is 0.455. The molecule has 1 aromatic rings. The molecule has 2 nitrogen and oxygen atoms in total. The van der Waals surface area contributed by atoms with E-state index in [-0.39, 0.29) is 6.17 Å². The quantitative estimate of drug-likeness (QED) is 0.678. The standard InChI is InChI=1S/C11H18N2/c1-7-5-6-10(11(12)13-4)9(3)8(7)2/h5-6,11,13H,12H2,1-4H3. The number of benzene rings is 1. The van der Waals surface area contributed by atoms with Gasteiger partial charge in [0, 0.05) is 0 Å². The van der Waals surface area contributed by atoms with Gasteiger partial charge in [0.25, 0.3) is 0 Å². The average molecular weight is 178 g/mol. The van der Waals surface area contributed by atoms with Crippen LogP contribution in [0.1, 0.15) is 28.4 Å². The molecule has 0 amide bonds. The smallest absolute Gasteiger partial charge is 0.0810 e. The summed E-state index contributed by atoms with van der Waals surface area (Å²) in [4.78, 5) is 0. The predicted octanol–water partition coefficient (Wildman–Crippen LogP) is 1.79. The highest BCUT2D eigenvalue weighted by Gasteiger charge is 2.08. The van der Waals surface area contributed by atoms with E-state index in [9.17, 15) is 0 Å². The van der Waals surface area contributed by atoms with Crippen LogP contribution in [-0.2, 0) is 0 Å². The first-order valence-corrected chi connectivity index (χ1v) is 4.57. The van der Waals surface area contributed by atoms with Gasteiger partial charge in [-0.3, -0.25) is 0 Å². The molecule has 0 aromatic heterocycles. The van der Waals surface area contributed by atoms with Gasteiger partial charge in [-0.1, -0.05) is 12.1 Å². The van der Waals surface area contributed by atoms with Gasteiger partial charge in [0.15, 0.2) is 0 Å². The second-order valence-corrected chi connectivity index (χ2v) is 3.49. The molecule has 1 atom stereocenters. The van der Waals surface area contributed by atoms with Crippen molar-refractivity contribution in [2.24, 2.45) is 5.73 Å². The van der Waals surface area contributed by atoms with Crippen molar-refractivity contribution >= 4 is 0 Å². The fourth-order valence-electron chi connectivity index (χ4n) is 1.47. The maximum atomic E-state index is 5.90. The molecule has 0 spiro atoms. The molecule has 1 unspecified atom stereocenters. The van der Waals surface area contributed by atoms with Gasteiger partial charge in [-0.05, 0) is 50.1 Å². The largest absolute Gasteiger partial charge is 0.312 e. The summed E-state index contributed by atoms with van der Waals surface area (Å²) in [5.74, 6) is 0. The van der Waals surface area contributed by atoms with Crippen molar-refractivity contribution in [1.82, 2.24) is 5.32 Å². The molecule has 0 aliphatic heterocycles. The summed E-state index contributed by atoms with van der Waals surface area (Å²) in [7, 11) is 1.87. The van der Waals surface area contributed by atoms with Crippen molar-refractivity contribution < 1.29 is 0 Å². The molecule has 0 heterocycles. The Bertz CT molecular complexity index is 305. The van der Waals surface area contributed by atoms with E-state index in [2.05, 4.69) is 38.2 Å². The molecule has 0 saturated heterocycles. The number of rotatable bonds is 2. The zero-order valence-corrected chi connectivity index (χ0v) is 8.81. The Kier molecular flexibility index (Phi) is 3.07. The Morgan fingerprint density at radius 1 is 1.15 bits per heavy atom. The number of nitrogens with one attached hydrogen (secondary N) is 1. The third-order valence-electron chi connectivity index (χ3n) is 2.75. The second kappa shape index (κ2) is 3.90. The highest BCUT2D eigenvalue weighted by atomic mass is 15.0. The van der Waals surface area contributed by atoms with E-state index in [0.717, 1.165) is 0 Å². The van der Waals surface area contributed by atoms with Crippen LogP contribution in [0.5, 0.6) is 0 Å². The molecular formula is C11H18N2. The third kappa shape index (κ3) is 1.90. The normalized spacial score (nSPS) is 13.0. The van der Waals surface area contributed by atoms with Gasteiger partial charge in [-0.25, -0.2) is 0 Å². The van der Waals surface area contributed by atoms with Gasteiger partial charge >= 0.3 is 0 Å². The summed E-state index contributed by atoms with van der Waals surface area (Å²) >= 11 is 0. The molecule has 0 saturated carbocycles. The van der Waals surface area contributed by atoms with Gasteiger partial charge in [0.2, 0.25) is 0 Å². The molecule has 0 aliphatic carbocycles. The van der Waals surface area contributed by atoms with Crippen molar-refractivity contribution in [2.75, 3.05) is 7.05 Å². The van der Waals surface area contributed by atoms with E-state index in [1.54, 1.807) is 0 Å². The van der Waals surface area contributed by atoms with Crippen molar-refractivity contribution in [1.29, 1.82) is 0 Å². The molecule has 0 bridgehead atoms. The highest BCUT2D eigenvalue weighted by Crippen LogP contribution is 2.20. The van der Waals surface area contributed by atoms with Gasteiger partial charge < -0.3 is 11.1 Å². The molecule has 13 heavy (non-hydrogen) atoms. The summed E-state index contributed by atoms with van der Waals surface area (Å²) in [6, 6.07) is 4.22. The zero-order valence-electron chi connectivity index (χ0n) is 8.81. The zero-order chi connectivity index (χ0) is 10.0. The minimum atomic E-state index is -0.0562. The second-order valence-electron chi connectivity index (χ2n) is 3.49. The van der Waals surface area contributed by atoms with Crippen molar-refractivity contribution in [3.05, 3.63) is 34.4 Å². The van der Waals surface area contributed by atoms with Crippen LogP contribution in [0.3, 0.4) is 0 Å². The Hall–Kier alpha value is -0.860. The third-order valence-corrected chi connectivity index (χ3v) is 2.75. The first kappa shape index (κ1) is 10.2. The molecule has 1 aromatic carbocycles. The first-order valence-electron chi connectivity index (χ1n) is 4.57. The summed E-state index contributed by atoms with van der Waals surface area (Å²) in [6.45, 7) is 6.38. The van der Waals surface area contributed by atoms with Crippen molar-refractivity contribution in [2.45, 2.75) is 26.9 Å². The van der Waals surface area contributed by atoms with E-state index in [0.29, 0.717) is 0 Å². The Morgan fingerprint density at radius 3 is 2.31 bits per heavy atom. The van der Waals surface area contributed by atoms with E-state index in [1.165, 1.54) is 22.3 Å². The van der Waals surface area contributed by atoms with Crippen LogP contribution >= 0.6 is 0 Å². The van der Waals surface area contributed by atoms with Gasteiger partial charge in [0.05, 0.1) is 6.17 Å². The molecule has 1 rings (SSSR count). The Labute approximate surface area is 80.1 Å². The molecule has 72 valence electrons. The summed E-state index contributed by atoms with van der Waals surface area (Å²) in [5.41, 5.74) is 11.0. The van der Waals surface area contributed by atoms with Gasteiger partial charge in [0.1, 0.15) is 0 Å². The summed E-state index contributed by atoms with van der Waals surface area (Å²) in [6.07, 6.45) is -0.0562. The van der Waals surface area contributed by atoms with Crippen LogP contribution in [0, 0.1) is 20.8 Å². The maximum absolute atomic E-state index is 5.90. The monoisotopic (exact) mass is 178 g/mol. The molecule has 0 radical (unpaired) electrons. The van der Waals surface area contributed by atoms with Gasteiger partial charge in [-0.2, -0.15) is 0 Å². The van der Waals surface area contributed by atoms with Crippen LogP contribution < -0.4 is 11.1 Å². The predicted molar refractivity (Wildman–Crippen MR) is 56.6 cm³/mol. The Morgan fingerprint density at radius 2 is 1.77 bits per heavy atom. The number of hydrogen-bond acceptors (Lipinski definition) is 2. The van der Waals surface area contributed by atoms with Crippen molar-refractivity contribution in [3.63, 3.8) is 0 Å². The maximum Gasteiger partial charge on any atom is 0.0810 e. The lowest BCUT2D eigenvalue weighted by Crippen LogP contribution is -2.25. The molecule has 0 fully saturated rings. The minimum Gasteiger partial charge on any atom is -0.312 e. The number of nitrogens with two attached hydrogens (primary N) is 1. The lowest BCUT2D eigenvalue weighted by molar-refractivity contribution is 0.618. The summed E-state index contributed by atoms with van der Waals surface area (Å²) in [5, 5.41) is 3.05. The number of aryl methyl sites for hydroxylation is 1. The molecular weight excluding hydrogens is 160 g/mol. The summed E-state index contributed by atoms with van der Waals surface area (Å²) < 4.78 is 0. The number of hydrogen-bond donors (Lipinski definition) is 2. The van der Waals surface area contributed by atoms with Crippen LogP contribution in [-0.4, -0.2) is 7.05 Å². The lowest BCUT2D eigenvalue weighted by atomic mass is 9.97. The molecule has 0 aliphatic rings. The average Bonchev–Trinajstić information content (AvgIpc) is 2.13. The first-order chi connectivity index (χ1) is 6.07.